The summed E-state index contributed by atoms with van der Waals surface area (Å²) >= 11 is 0. The maximum absolute atomic E-state index is 13.7. The number of hydrogen-bond donors (Lipinski definition) is 1. The lowest BCUT2D eigenvalue weighted by atomic mass is 9.91. The van der Waals surface area contributed by atoms with Gasteiger partial charge in [-0.25, -0.2) is 0 Å². The molecule has 1 unspecified atom stereocenters. The van der Waals surface area contributed by atoms with Crippen molar-refractivity contribution in [1.82, 2.24) is 0 Å². The van der Waals surface area contributed by atoms with E-state index in [0.29, 0.717) is 24.8 Å². The topological polar surface area (TPSA) is 20.2 Å². The van der Waals surface area contributed by atoms with Gasteiger partial charge in [-0.15, -0.1) is 0 Å². The van der Waals surface area contributed by atoms with E-state index in [1.165, 1.54) is 18.2 Å². The first kappa shape index (κ1) is 22.6. The van der Waals surface area contributed by atoms with Crippen LogP contribution in [0.1, 0.15) is 43.4 Å². The zero-order valence-electron chi connectivity index (χ0n) is 13.6. The molecule has 26 heavy (non-hydrogen) atoms. The van der Waals surface area contributed by atoms with E-state index in [9.17, 15) is 44.6 Å². The van der Waals surface area contributed by atoms with Crippen LogP contribution in [0.3, 0.4) is 0 Å². The summed E-state index contributed by atoms with van der Waals surface area (Å²) in [5.74, 6) is -19.5. The quantitative estimate of drug-likeness (QED) is 0.541. The van der Waals surface area contributed by atoms with Crippen molar-refractivity contribution in [1.29, 1.82) is 0 Å². The Morgan fingerprint density at radius 1 is 0.885 bits per heavy atom. The molecule has 0 aliphatic carbocycles. The standard InChI is InChI=1S/C16H17F9O/c1-2-3-6-10-7-4-5-8-11(10)12(26)9-13(17,18)14(19,20)15(21,22)16(23,24)25/h4-5,7-8,12,26H,2-3,6,9H2,1H3. The van der Waals surface area contributed by atoms with Crippen molar-refractivity contribution in [2.75, 3.05) is 0 Å². The Balaban J connectivity index is 3.13. The van der Waals surface area contributed by atoms with Crippen LogP contribution >= 0.6 is 0 Å². The minimum Gasteiger partial charge on any atom is -0.388 e. The van der Waals surface area contributed by atoms with Gasteiger partial charge in [0.05, 0.1) is 6.10 Å². The molecule has 0 spiro atoms. The number of rotatable bonds is 8. The van der Waals surface area contributed by atoms with Gasteiger partial charge >= 0.3 is 23.9 Å². The molecule has 0 amide bonds. The summed E-state index contributed by atoms with van der Waals surface area (Å²) in [5.41, 5.74) is 0.107. The summed E-state index contributed by atoms with van der Waals surface area (Å²) in [6.07, 6.45) is -9.94. The SMILES string of the molecule is CCCCc1ccccc1C(O)CC(F)(F)C(F)(F)C(F)(F)C(F)(F)F. The largest absolute Gasteiger partial charge is 0.460 e. The van der Waals surface area contributed by atoms with Gasteiger partial charge in [0, 0.05) is 6.42 Å². The van der Waals surface area contributed by atoms with Gasteiger partial charge in [0.2, 0.25) is 0 Å². The summed E-state index contributed by atoms with van der Waals surface area (Å²) in [6.45, 7) is 1.81. The maximum Gasteiger partial charge on any atom is 0.460 e. The molecule has 0 saturated heterocycles. The van der Waals surface area contributed by atoms with Crippen molar-refractivity contribution in [3.8, 4) is 0 Å². The molecule has 0 aliphatic rings. The Bertz CT molecular complexity index is 596. The van der Waals surface area contributed by atoms with Gasteiger partial charge in [0.15, 0.2) is 0 Å². The molecule has 10 heteroatoms. The highest BCUT2D eigenvalue weighted by molar-refractivity contribution is 5.29. The average Bonchev–Trinajstić information content (AvgIpc) is 2.51. The molecule has 0 saturated carbocycles. The molecule has 0 bridgehead atoms. The minimum atomic E-state index is -6.95. The number of hydrogen-bond acceptors (Lipinski definition) is 1. The molecule has 1 atom stereocenters. The zero-order valence-corrected chi connectivity index (χ0v) is 13.6. The number of alkyl halides is 9. The molecule has 1 aromatic carbocycles. The third-order valence-corrected chi connectivity index (χ3v) is 3.87. The van der Waals surface area contributed by atoms with Gasteiger partial charge in [-0.3, -0.25) is 0 Å². The van der Waals surface area contributed by atoms with Crippen LogP contribution in [-0.4, -0.2) is 29.1 Å². The van der Waals surface area contributed by atoms with Crippen molar-refractivity contribution in [3.63, 3.8) is 0 Å². The summed E-state index contributed by atoms with van der Waals surface area (Å²) in [7, 11) is 0. The second-order valence-corrected chi connectivity index (χ2v) is 5.87. The van der Waals surface area contributed by atoms with Crippen molar-refractivity contribution < 1.29 is 44.6 Å². The second kappa shape index (κ2) is 7.66. The van der Waals surface area contributed by atoms with Gasteiger partial charge in [-0.2, -0.15) is 39.5 Å². The molecule has 1 nitrogen and oxygen atoms in total. The highest BCUT2D eigenvalue weighted by Crippen LogP contribution is 2.55. The fraction of sp³-hybridized carbons (Fsp3) is 0.625. The molecule has 0 heterocycles. The van der Waals surface area contributed by atoms with Gasteiger partial charge in [0.1, 0.15) is 0 Å². The lowest BCUT2D eigenvalue weighted by molar-refractivity contribution is -0.398. The minimum absolute atomic E-state index is 0.216. The molecule has 0 aromatic heterocycles. The number of halogens is 9. The van der Waals surface area contributed by atoms with Crippen LogP contribution in [-0.2, 0) is 6.42 Å². The second-order valence-electron chi connectivity index (χ2n) is 5.87. The Kier molecular flexibility index (Phi) is 6.65. The lowest BCUT2D eigenvalue weighted by Crippen LogP contribution is -2.61. The third-order valence-electron chi connectivity index (χ3n) is 3.87. The predicted octanol–water partition coefficient (Wildman–Crippen LogP) is 5.92. The molecule has 0 radical (unpaired) electrons. The van der Waals surface area contributed by atoms with Crippen LogP contribution < -0.4 is 0 Å². The Hall–Kier alpha value is -1.45. The first-order valence-electron chi connectivity index (χ1n) is 7.65. The van der Waals surface area contributed by atoms with E-state index in [1.807, 2.05) is 6.92 Å². The van der Waals surface area contributed by atoms with Crippen LogP contribution in [0, 0.1) is 0 Å². The van der Waals surface area contributed by atoms with Crippen LogP contribution in [0.15, 0.2) is 24.3 Å². The monoisotopic (exact) mass is 396 g/mol. The normalized spacial score (nSPS) is 15.2. The molecule has 1 N–H and O–H groups in total. The highest BCUT2D eigenvalue weighted by atomic mass is 19.4. The summed E-state index contributed by atoms with van der Waals surface area (Å²) in [4.78, 5) is 0. The van der Waals surface area contributed by atoms with Crippen LogP contribution in [0.2, 0.25) is 0 Å². The molecular weight excluding hydrogens is 379 g/mol. The molecule has 0 aliphatic heterocycles. The van der Waals surface area contributed by atoms with Gasteiger partial charge in [-0.1, -0.05) is 37.6 Å². The van der Waals surface area contributed by atoms with E-state index in [2.05, 4.69) is 0 Å². The average molecular weight is 396 g/mol. The molecule has 1 aromatic rings. The number of aryl methyl sites for hydroxylation is 1. The highest BCUT2D eigenvalue weighted by Gasteiger charge is 2.81. The van der Waals surface area contributed by atoms with E-state index < -0.39 is 36.5 Å². The Morgan fingerprint density at radius 3 is 1.92 bits per heavy atom. The summed E-state index contributed by atoms with van der Waals surface area (Å²) < 4.78 is 116. The molecule has 0 fully saturated rings. The number of unbranched alkanes of at least 4 members (excludes halogenated alkanes) is 1. The van der Waals surface area contributed by atoms with Crippen molar-refractivity contribution in [2.45, 2.75) is 62.7 Å². The van der Waals surface area contributed by atoms with Crippen LogP contribution in [0.4, 0.5) is 39.5 Å². The maximum atomic E-state index is 13.7. The first-order chi connectivity index (χ1) is 11.7. The third kappa shape index (κ3) is 4.27. The molecular formula is C16H17F9O. The summed E-state index contributed by atoms with van der Waals surface area (Å²) in [6, 6.07) is 5.35. The van der Waals surface area contributed by atoms with Crippen molar-refractivity contribution in [2.24, 2.45) is 0 Å². The fourth-order valence-electron chi connectivity index (χ4n) is 2.34. The van der Waals surface area contributed by atoms with E-state index in [0.717, 1.165) is 6.07 Å². The first-order valence-corrected chi connectivity index (χ1v) is 7.65. The summed E-state index contributed by atoms with van der Waals surface area (Å²) in [5, 5.41) is 9.83. The lowest BCUT2D eigenvalue weighted by Gasteiger charge is -2.34. The number of aliphatic hydroxyl groups is 1. The van der Waals surface area contributed by atoms with E-state index in [1.54, 1.807) is 0 Å². The fourth-order valence-corrected chi connectivity index (χ4v) is 2.34. The van der Waals surface area contributed by atoms with Gasteiger partial charge in [-0.05, 0) is 24.0 Å². The van der Waals surface area contributed by atoms with E-state index in [4.69, 9.17) is 0 Å². The number of benzene rings is 1. The van der Waals surface area contributed by atoms with Crippen molar-refractivity contribution in [3.05, 3.63) is 35.4 Å². The van der Waals surface area contributed by atoms with Gasteiger partial charge < -0.3 is 5.11 Å². The Labute approximate surface area is 143 Å². The zero-order chi connectivity index (χ0) is 20.4. The molecule has 150 valence electrons. The van der Waals surface area contributed by atoms with Crippen LogP contribution in [0.5, 0.6) is 0 Å². The van der Waals surface area contributed by atoms with Crippen molar-refractivity contribution >= 4 is 0 Å². The molecule has 1 rings (SSSR count). The van der Waals surface area contributed by atoms with E-state index in [-0.39, 0.29) is 5.56 Å². The van der Waals surface area contributed by atoms with Crippen LogP contribution in [0.25, 0.3) is 0 Å². The Morgan fingerprint density at radius 2 is 1.42 bits per heavy atom. The smallest absolute Gasteiger partial charge is 0.388 e. The number of aliphatic hydroxyl groups excluding tert-OH is 1. The van der Waals surface area contributed by atoms with Gasteiger partial charge in [0.25, 0.3) is 0 Å². The predicted molar refractivity (Wildman–Crippen MR) is 75.5 cm³/mol. The van der Waals surface area contributed by atoms with E-state index >= 15 is 0 Å².